The van der Waals surface area contributed by atoms with E-state index < -0.39 is 0 Å². The maximum Gasteiger partial charge on any atom is 0.232 e. The van der Waals surface area contributed by atoms with Crippen LogP contribution in [0.15, 0.2) is 0 Å². The Morgan fingerprint density at radius 2 is 2.27 bits per heavy atom. The van der Waals surface area contributed by atoms with Gasteiger partial charge < -0.3 is 9.64 Å². The number of likely N-dealkylation sites (N-methyl/N-ethyl adjacent to an activating group) is 1. The molecule has 0 aromatic rings. The van der Waals surface area contributed by atoms with Crippen LogP contribution in [0.2, 0.25) is 0 Å². The molecule has 4 heteroatoms. The Hall–Kier alpha value is -0.220. The predicted molar refractivity (Wildman–Crippen MR) is 48.0 cm³/mol. The fourth-order valence-corrected chi connectivity index (χ4v) is 0.933. The highest BCUT2D eigenvalue weighted by atomic mass is 32.1. The van der Waals surface area contributed by atoms with Gasteiger partial charge in [0.15, 0.2) is 0 Å². The molecule has 3 nitrogen and oxygen atoms in total. The molecule has 0 aromatic carbocycles. The number of thiol groups is 1. The second-order valence-electron chi connectivity index (χ2n) is 2.47. The Morgan fingerprint density at radius 3 is 2.64 bits per heavy atom. The number of carbonyl (C=O) groups is 1. The third kappa shape index (κ3) is 3.62. The van der Waals surface area contributed by atoms with Crippen molar-refractivity contribution in [3.63, 3.8) is 0 Å². The molecule has 0 rings (SSSR count). The third-order valence-corrected chi connectivity index (χ3v) is 1.87. The van der Waals surface area contributed by atoms with E-state index in [0.717, 1.165) is 0 Å². The van der Waals surface area contributed by atoms with Crippen molar-refractivity contribution in [1.29, 1.82) is 0 Å². The smallest absolute Gasteiger partial charge is 0.232 e. The van der Waals surface area contributed by atoms with Crippen molar-refractivity contribution in [1.82, 2.24) is 4.90 Å². The first-order chi connectivity index (χ1) is 5.13. The van der Waals surface area contributed by atoms with Gasteiger partial charge >= 0.3 is 0 Å². The zero-order valence-electron chi connectivity index (χ0n) is 7.20. The highest BCUT2D eigenvalue weighted by Gasteiger charge is 2.12. The lowest BCUT2D eigenvalue weighted by atomic mass is 10.3. The molecule has 0 aromatic heterocycles. The van der Waals surface area contributed by atoms with E-state index in [1.165, 1.54) is 0 Å². The Balaban J connectivity index is 3.80. The molecule has 0 bridgehead atoms. The molecule has 0 saturated carbocycles. The fraction of sp³-hybridized carbons (Fsp3) is 0.857. The molecule has 0 radical (unpaired) electrons. The van der Waals surface area contributed by atoms with Crippen LogP contribution >= 0.6 is 12.6 Å². The van der Waals surface area contributed by atoms with Crippen molar-refractivity contribution >= 4 is 18.5 Å². The summed E-state index contributed by atoms with van der Waals surface area (Å²) < 4.78 is 4.90. The highest BCUT2D eigenvalue weighted by molar-refractivity contribution is 7.81. The minimum atomic E-state index is 0.0258. The van der Waals surface area contributed by atoms with E-state index >= 15 is 0 Å². The SMILES string of the molecule is COCC(C)N(C)C(=O)CS. The van der Waals surface area contributed by atoms with E-state index in [1.54, 1.807) is 19.1 Å². The molecule has 66 valence electrons. The van der Waals surface area contributed by atoms with E-state index in [2.05, 4.69) is 12.6 Å². The van der Waals surface area contributed by atoms with Crippen molar-refractivity contribution in [3.05, 3.63) is 0 Å². The Morgan fingerprint density at radius 1 is 1.73 bits per heavy atom. The summed E-state index contributed by atoms with van der Waals surface area (Å²) in [6.45, 7) is 2.50. The molecular formula is C7H15NO2S. The van der Waals surface area contributed by atoms with Crippen molar-refractivity contribution in [2.45, 2.75) is 13.0 Å². The quantitative estimate of drug-likeness (QED) is 0.630. The van der Waals surface area contributed by atoms with Gasteiger partial charge in [-0.25, -0.2) is 0 Å². The van der Waals surface area contributed by atoms with Gasteiger partial charge in [-0.2, -0.15) is 12.6 Å². The normalized spacial score (nSPS) is 12.7. The largest absolute Gasteiger partial charge is 0.383 e. The van der Waals surface area contributed by atoms with Crippen LogP contribution in [-0.4, -0.2) is 43.4 Å². The first-order valence-corrected chi connectivity index (χ1v) is 4.12. The maximum atomic E-state index is 11.0. The molecule has 1 atom stereocenters. The summed E-state index contributed by atoms with van der Waals surface area (Å²) in [5.41, 5.74) is 0. The average molecular weight is 177 g/mol. The first kappa shape index (κ1) is 10.8. The van der Waals surface area contributed by atoms with Gasteiger partial charge in [-0.1, -0.05) is 0 Å². The molecule has 0 fully saturated rings. The van der Waals surface area contributed by atoms with Gasteiger partial charge in [0.2, 0.25) is 5.91 Å². The van der Waals surface area contributed by atoms with Crippen molar-refractivity contribution < 1.29 is 9.53 Å². The molecular weight excluding hydrogens is 162 g/mol. The summed E-state index contributed by atoms with van der Waals surface area (Å²) in [4.78, 5) is 12.7. The number of carbonyl (C=O) groups excluding carboxylic acids is 1. The second kappa shape index (κ2) is 5.43. The van der Waals surface area contributed by atoms with E-state index in [4.69, 9.17) is 4.74 Å². The lowest BCUT2D eigenvalue weighted by Crippen LogP contribution is -2.38. The van der Waals surface area contributed by atoms with Gasteiger partial charge in [-0.15, -0.1) is 0 Å². The van der Waals surface area contributed by atoms with Crippen molar-refractivity contribution in [2.24, 2.45) is 0 Å². The van der Waals surface area contributed by atoms with Crippen LogP contribution in [0.25, 0.3) is 0 Å². The summed E-state index contributed by atoms with van der Waals surface area (Å²) in [7, 11) is 3.37. The van der Waals surface area contributed by atoms with Crippen LogP contribution in [0.3, 0.4) is 0 Å². The Labute approximate surface area is 73.1 Å². The molecule has 11 heavy (non-hydrogen) atoms. The topological polar surface area (TPSA) is 29.5 Å². The monoisotopic (exact) mass is 177 g/mol. The number of nitrogens with zero attached hydrogens (tertiary/aromatic N) is 1. The van der Waals surface area contributed by atoms with Gasteiger partial charge in [0.1, 0.15) is 0 Å². The summed E-state index contributed by atoms with van der Waals surface area (Å²) in [6, 6.07) is 0.125. The molecule has 1 unspecified atom stereocenters. The van der Waals surface area contributed by atoms with Gasteiger partial charge in [0, 0.05) is 14.2 Å². The van der Waals surface area contributed by atoms with Crippen molar-refractivity contribution in [2.75, 3.05) is 26.5 Å². The second-order valence-corrected chi connectivity index (χ2v) is 2.78. The van der Waals surface area contributed by atoms with E-state index in [9.17, 15) is 4.79 Å². The molecule has 1 amide bonds. The molecule has 0 N–H and O–H groups in total. The fourth-order valence-electron chi connectivity index (χ4n) is 0.710. The summed E-state index contributed by atoms with van der Waals surface area (Å²) in [5, 5.41) is 0. The highest BCUT2D eigenvalue weighted by Crippen LogP contribution is 1.97. The van der Waals surface area contributed by atoms with Gasteiger partial charge in [-0.05, 0) is 6.92 Å². The Kier molecular flexibility index (Phi) is 5.32. The molecule has 0 heterocycles. The summed E-state index contributed by atoms with van der Waals surface area (Å²) >= 11 is 3.89. The van der Waals surface area contributed by atoms with Gasteiger partial charge in [0.25, 0.3) is 0 Å². The Bertz CT molecular complexity index is 130. The number of ether oxygens (including phenoxy) is 1. The van der Waals surface area contributed by atoms with Crippen molar-refractivity contribution in [3.8, 4) is 0 Å². The van der Waals surface area contributed by atoms with Crippen LogP contribution < -0.4 is 0 Å². The zero-order chi connectivity index (χ0) is 8.85. The number of hydrogen-bond donors (Lipinski definition) is 1. The van der Waals surface area contributed by atoms with Crippen LogP contribution in [0.4, 0.5) is 0 Å². The zero-order valence-corrected chi connectivity index (χ0v) is 8.10. The van der Waals surface area contributed by atoms with Crippen LogP contribution in [0, 0.1) is 0 Å². The van der Waals surface area contributed by atoms with Crippen LogP contribution in [0.1, 0.15) is 6.92 Å². The summed E-state index contributed by atoms with van der Waals surface area (Å²) in [5.74, 6) is 0.280. The van der Waals surface area contributed by atoms with E-state index in [1.807, 2.05) is 6.92 Å². The van der Waals surface area contributed by atoms with Crippen LogP contribution in [0.5, 0.6) is 0 Å². The molecule has 0 aliphatic carbocycles. The van der Waals surface area contributed by atoms with Crippen LogP contribution in [-0.2, 0) is 9.53 Å². The van der Waals surface area contributed by atoms with E-state index in [-0.39, 0.29) is 17.7 Å². The van der Waals surface area contributed by atoms with Gasteiger partial charge in [0.05, 0.1) is 18.4 Å². The molecule has 0 aliphatic rings. The number of rotatable bonds is 4. The lowest BCUT2D eigenvalue weighted by Gasteiger charge is -2.23. The molecule has 0 spiro atoms. The summed E-state index contributed by atoms with van der Waals surface area (Å²) in [6.07, 6.45) is 0. The minimum Gasteiger partial charge on any atom is -0.383 e. The number of methoxy groups -OCH3 is 1. The third-order valence-electron chi connectivity index (χ3n) is 1.60. The first-order valence-electron chi connectivity index (χ1n) is 3.49. The minimum absolute atomic E-state index is 0.0258. The van der Waals surface area contributed by atoms with Gasteiger partial charge in [-0.3, -0.25) is 4.79 Å². The standard InChI is InChI=1S/C7H15NO2S/c1-6(4-10-3)8(2)7(9)5-11/h6,11H,4-5H2,1-3H3. The molecule has 0 aliphatic heterocycles. The van der Waals surface area contributed by atoms with E-state index in [0.29, 0.717) is 6.61 Å². The number of amides is 1. The lowest BCUT2D eigenvalue weighted by molar-refractivity contribution is -0.129. The average Bonchev–Trinajstić information content (AvgIpc) is 2.02. The maximum absolute atomic E-state index is 11.0. The predicted octanol–water partition coefficient (Wildman–Crippen LogP) is 0.410. The number of hydrogen-bond acceptors (Lipinski definition) is 3. The molecule has 0 saturated heterocycles.